The first-order chi connectivity index (χ1) is 11.0. The SMILES string of the molecule is O=C(O)C1C[C@@H]2C[C@H](NC(=O)[C@@H]3C[C@H]3c3cccc(O)c3)[C@@H]2C1. The average molecular weight is 315 g/mol. The fourth-order valence-corrected chi connectivity index (χ4v) is 4.49. The Kier molecular flexibility index (Phi) is 3.32. The molecular formula is C18H21NO4. The molecule has 5 nitrogen and oxygen atoms in total. The van der Waals surface area contributed by atoms with E-state index in [1.165, 1.54) is 0 Å². The summed E-state index contributed by atoms with van der Waals surface area (Å²) in [5.74, 6) is 0.409. The highest BCUT2D eigenvalue weighted by molar-refractivity contribution is 5.83. The van der Waals surface area contributed by atoms with Gasteiger partial charge in [-0.05, 0) is 61.1 Å². The maximum atomic E-state index is 12.4. The molecule has 1 aromatic rings. The van der Waals surface area contributed by atoms with E-state index < -0.39 is 5.97 Å². The van der Waals surface area contributed by atoms with Gasteiger partial charge in [-0.3, -0.25) is 9.59 Å². The first kappa shape index (κ1) is 14.5. The number of carbonyl (C=O) groups excluding carboxylic acids is 1. The van der Waals surface area contributed by atoms with Gasteiger partial charge in [-0.1, -0.05) is 12.1 Å². The number of amides is 1. The van der Waals surface area contributed by atoms with Gasteiger partial charge in [-0.2, -0.15) is 0 Å². The van der Waals surface area contributed by atoms with Crippen LogP contribution in [0.25, 0.3) is 0 Å². The van der Waals surface area contributed by atoms with Crippen LogP contribution in [0.1, 0.15) is 37.2 Å². The van der Waals surface area contributed by atoms with E-state index in [1.54, 1.807) is 18.2 Å². The Morgan fingerprint density at radius 1 is 1.13 bits per heavy atom. The number of hydrogen-bond donors (Lipinski definition) is 3. The zero-order chi connectivity index (χ0) is 16.1. The summed E-state index contributed by atoms with van der Waals surface area (Å²) in [4.78, 5) is 23.5. The van der Waals surface area contributed by atoms with Crippen molar-refractivity contribution in [3.05, 3.63) is 29.8 Å². The maximum absolute atomic E-state index is 12.4. The molecule has 0 spiro atoms. The van der Waals surface area contributed by atoms with Gasteiger partial charge >= 0.3 is 5.97 Å². The van der Waals surface area contributed by atoms with Crippen molar-refractivity contribution in [2.75, 3.05) is 0 Å². The second-order valence-corrected chi connectivity index (χ2v) is 7.32. The smallest absolute Gasteiger partial charge is 0.306 e. The van der Waals surface area contributed by atoms with Crippen LogP contribution in [0, 0.1) is 23.7 Å². The van der Waals surface area contributed by atoms with Crippen molar-refractivity contribution in [1.29, 1.82) is 0 Å². The second-order valence-electron chi connectivity index (χ2n) is 7.32. The Hall–Kier alpha value is -2.04. The third kappa shape index (κ3) is 2.58. The van der Waals surface area contributed by atoms with Gasteiger partial charge in [0, 0.05) is 12.0 Å². The Labute approximate surface area is 134 Å². The third-order valence-corrected chi connectivity index (χ3v) is 5.93. The Bertz CT molecular complexity index is 658. The molecule has 3 aliphatic rings. The molecule has 1 amide bonds. The molecule has 0 radical (unpaired) electrons. The van der Waals surface area contributed by atoms with Gasteiger partial charge in [0.15, 0.2) is 0 Å². The van der Waals surface area contributed by atoms with Gasteiger partial charge < -0.3 is 15.5 Å². The topological polar surface area (TPSA) is 86.6 Å². The number of carboxylic acids is 1. The molecule has 3 N–H and O–H groups in total. The Balaban J connectivity index is 1.32. The zero-order valence-corrected chi connectivity index (χ0v) is 12.8. The number of phenols is 1. The Morgan fingerprint density at radius 3 is 2.70 bits per heavy atom. The van der Waals surface area contributed by atoms with Gasteiger partial charge in [0.25, 0.3) is 0 Å². The van der Waals surface area contributed by atoms with Gasteiger partial charge in [0.05, 0.1) is 5.92 Å². The predicted octanol–water partition coefficient (Wildman–Crippen LogP) is 2.11. The summed E-state index contributed by atoms with van der Waals surface area (Å²) >= 11 is 0. The molecule has 1 aromatic carbocycles. The van der Waals surface area contributed by atoms with Crippen LogP contribution in [0.5, 0.6) is 5.75 Å². The lowest BCUT2D eigenvalue weighted by atomic mass is 9.71. The summed E-state index contributed by atoms with van der Waals surface area (Å²) in [6.07, 6.45) is 3.21. The highest BCUT2D eigenvalue weighted by atomic mass is 16.4. The average Bonchev–Trinajstić information content (AvgIpc) is 3.22. The van der Waals surface area contributed by atoms with Crippen molar-refractivity contribution in [3.63, 3.8) is 0 Å². The lowest BCUT2D eigenvalue weighted by molar-refractivity contribution is -0.141. The van der Waals surface area contributed by atoms with Gasteiger partial charge in [0.2, 0.25) is 5.91 Å². The lowest BCUT2D eigenvalue weighted by Crippen LogP contribution is -2.50. The molecule has 3 saturated carbocycles. The van der Waals surface area contributed by atoms with E-state index in [2.05, 4.69) is 5.32 Å². The van der Waals surface area contributed by atoms with Crippen molar-refractivity contribution in [1.82, 2.24) is 5.32 Å². The van der Waals surface area contributed by atoms with Crippen LogP contribution in [0.2, 0.25) is 0 Å². The van der Waals surface area contributed by atoms with Crippen molar-refractivity contribution < 1.29 is 19.8 Å². The summed E-state index contributed by atoms with van der Waals surface area (Å²) < 4.78 is 0. The molecule has 1 unspecified atom stereocenters. The molecule has 4 rings (SSSR count). The van der Waals surface area contributed by atoms with Crippen LogP contribution >= 0.6 is 0 Å². The fraction of sp³-hybridized carbons (Fsp3) is 0.556. The summed E-state index contributed by atoms with van der Waals surface area (Å²) in [5, 5.41) is 21.8. The molecule has 3 fully saturated rings. The zero-order valence-electron chi connectivity index (χ0n) is 12.8. The van der Waals surface area contributed by atoms with Gasteiger partial charge in [0.1, 0.15) is 5.75 Å². The molecule has 122 valence electrons. The number of aromatic hydroxyl groups is 1. The van der Waals surface area contributed by atoms with Crippen LogP contribution in [-0.2, 0) is 9.59 Å². The number of fused-ring (bicyclic) bond motifs is 1. The number of benzene rings is 1. The normalized spacial score (nSPS) is 37.6. The number of carbonyl (C=O) groups is 2. The minimum atomic E-state index is -0.699. The Morgan fingerprint density at radius 2 is 1.96 bits per heavy atom. The van der Waals surface area contributed by atoms with Crippen LogP contribution in [0.15, 0.2) is 24.3 Å². The fourth-order valence-electron chi connectivity index (χ4n) is 4.49. The van der Waals surface area contributed by atoms with Gasteiger partial charge in [-0.15, -0.1) is 0 Å². The third-order valence-electron chi connectivity index (χ3n) is 5.93. The van der Waals surface area contributed by atoms with Crippen LogP contribution < -0.4 is 5.32 Å². The van der Waals surface area contributed by atoms with E-state index in [-0.39, 0.29) is 35.5 Å². The molecule has 6 atom stereocenters. The number of carboxylic acid groups (broad SMARTS) is 1. The first-order valence-electron chi connectivity index (χ1n) is 8.35. The molecule has 23 heavy (non-hydrogen) atoms. The predicted molar refractivity (Wildman–Crippen MR) is 82.8 cm³/mol. The molecule has 0 saturated heterocycles. The lowest BCUT2D eigenvalue weighted by Gasteiger charge is -2.40. The molecule has 5 heteroatoms. The van der Waals surface area contributed by atoms with Crippen molar-refractivity contribution in [3.8, 4) is 5.75 Å². The minimum absolute atomic E-state index is 0.00692. The van der Waals surface area contributed by atoms with E-state index in [0.29, 0.717) is 18.3 Å². The highest BCUT2D eigenvalue weighted by Crippen LogP contribution is 2.51. The standard InChI is InChI=1S/C18H21NO4/c20-12-3-1-2-9(5-12)13-8-15(13)17(21)19-16-7-10-4-11(18(22)23)6-14(10)16/h1-3,5,10-11,13-16,20H,4,6-8H2,(H,19,21)(H,22,23)/t10-,11?,13+,14-,15-,16+/m1/s1. The van der Waals surface area contributed by atoms with E-state index >= 15 is 0 Å². The quantitative estimate of drug-likeness (QED) is 0.794. The molecule has 0 heterocycles. The number of phenolic OH excluding ortho intramolecular Hbond substituents is 1. The first-order valence-corrected chi connectivity index (χ1v) is 8.35. The summed E-state index contributed by atoms with van der Waals surface area (Å²) in [5.41, 5.74) is 1.02. The van der Waals surface area contributed by atoms with Crippen molar-refractivity contribution in [2.24, 2.45) is 23.7 Å². The molecule has 0 bridgehead atoms. The molecule has 0 aromatic heterocycles. The minimum Gasteiger partial charge on any atom is -0.508 e. The summed E-state index contributed by atoms with van der Waals surface area (Å²) in [6, 6.07) is 7.27. The summed E-state index contributed by atoms with van der Waals surface area (Å²) in [7, 11) is 0. The monoisotopic (exact) mass is 315 g/mol. The van der Waals surface area contributed by atoms with Crippen LogP contribution in [0.3, 0.4) is 0 Å². The largest absolute Gasteiger partial charge is 0.508 e. The molecule has 0 aliphatic heterocycles. The number of hydrogen-bond acceptors (Lipinski definition) is 3. The maximum Gasteiger partial charge on any atom is 0.306 e. The summed E-state index contributed by atoms with van der Waals surface area (Å²) in [6.45, 7) is 0. The number of rotatable bonds is 4. The van der Waals surface area contributed by atoms with Crippen molar-refractivity contribution >= 4 is 11.9 Å². The van der Waals surface area contributed by atoms with E-state index in [4.69, 9.17) is 5.11 Å². The number of aliphatic carboxylic acids is 1. The second kappa shape index (κ2) is 5.25. The van der Waals surface area contributed by atoms with Crippen molar-refractivity contribution in [2.45, 2.75) is 37.6 Å². The van der Waals surface area contributed by atoms with E-state index in [0.717, 1.165) is 24.8 Å². The molecular weight excluding hydrogens is 294 g/mol. The van der Waals surface area contributed by atoms with Crippen LogP contribution in [0.4, 0.5) is 0 Å². The van der Waals surface area contributed by atoms with E-state index in [9.17, 15) is 14.7 Å². The van der Waals surface area contributed by atoms with E-state index in [1.807, 2.05) is 6.07 Å². The van der Waals surface area contributed by atoms with Gasteiger partial charge in [-0.25, -0.2) is 0 Å². The van der Waals surface area contributed by atoms with Crippen LogP contribution in [-0.4, -0.2) is 28.1 Å². The number of nitrogens with one attached hydrogen (secondary N) is 1. The molecule has 3 aliphatic carbocycles. The highest BCUT2D eigenvalue weighted by Gasteiger charge is 2.52.